The predicted octanol–water partition coefficient (Wildman–Crippen LogP) is 3.31. The highest BCUT2D eigenvalue weighted by molar-refractivity contribution is 9.10. The molecule has 0 fully saturated rings. The molecule has 1 heterocycles. The minimum absolute atomic E-state index is 0.147. The van der Waals surface area contributed by atoms with Gasteiger partial charge in [0.2, 0.25) is 0 Å². The zero-order chi connectivity index (χ0) is 12.4. The van der Waals surface area contributed by atoms with E-state index in [1.54, 1.807) is 31.2 Å². The van der Waals surface area contributed by atoms with Crippen molar-refractivity contribution in [3.05, 3.63) is 46.3 Å². The van der Waals surface area contributed by atoms with Crippen molar-refractivity contribution < 1.29 is 14.3 Å². The van der Waals surface area contributed by atoms with Crippen molar-refractivity contribution in [3.8, 4) is 5.75 Å². The molecule has 0 radical (unpaired) electrons. The first-order valence-corrected chi connectivity index (χ1v) is 5.72. The molecule has 17 heavy (non-hydrogen) atoms. The maximum absolute atomic E-state index is 11.9. The highest BCUT2D eigenvalue weighted by atomic mass is 79.9. The number of halogens is 1. The Bertz CT molecular complexity index is 563. The van der Waals surface area contributed by atoms with Crippen LogP contribution in [-0.2, 0) is 0 Å². The number of anilines is 1. The van der Waals surface area contributed by atoms with E-state index in [0.29, 0.717) is 21.5 Å². The van der Waals surface area contributed by atoms with E-state index in [-0.39, 0.29) is 11.7 Å². The van der Waals surface area contributed by atoms with Crippen LogP contribution in [0.3, 0.4) is 0 Å². The number of carbonyl (C=O) groups is 1. The predicted molar refractivity (Wildman–Crippen MR) is 67.2 cm³/mol. The zero-order valence-corrected chi connectivity index (χ0v) is 10.6. The Morgan fingerprint density at radius 1 is 1.41 bits per heavy atom. The monoisotopic (exact) mass is 295 g/mol. The van der Waals surface area contributed by atoms with Crippen LogP contribution in [0, 0.1) is 6.92 Å². The Morgan fingerprint density at radius 3 is 2.82 bits per heavy atom. The molecule has 0 aliphatic rings. The third kappa shape index (κ3) is 2.34. The van der Waals surface area contributed by atoms with Crippen molar-refractivity contribution in [2.24, 2.45) is 0 Å². The fourth-order valence-electron chi connectivity index (χ4n) is 1.40. The maximum atomic E-state index is 11.9. The van der Waals surface area contributed by atoms with Gasteiger partial charge in [-0.3, -0.25) is 4.79 Å². The van der Waals surface area contributed by atoms with E-state index in [1.807, 2.05) is 0 Å². The minimum Gasteiger partial charge on any atom is -0.508 e. The summed E-state index contributed by atoms with van der Waals surface area (Å²) in [6, 6.07) is 6.53. The molecule has 0 atom stereocenters. The van der Waals surface area contributed by atoms with Crippen molar-refractivity contribution in [1.29, 1.82) is 0 Å². The summed E-state index contributed by atoms with van der Waals surface area (Å²) in [6.07, 6.45) is 1.42. The van der Waals surface area contributed by atoms with E-state index in [4.69, 9.17) is 4.42 Å². The molecule has 1 aromatic carbocycles. The van der Waals surface area contributed by atoms with Gasteiger partial charge in [-0.25, -0.2) is 0 Å². The number of amides is 1. The average Bonchev–Trinajstić information content (AvgIpc) is 2.71. The van der Waals surface area contributed by atoms with Crippen LogP contribution in [-0.4, -0.2) is 11.0 Å². The van der Waals surface area contributed by atoms with Crippen molar-refractivity contribution in [2.75, 3.05) is 5.32 Å². The second-order valence-corrected chi connectivity index (χ2v) is 4.23. The minimum atomic E-state index is -0.292. The number of hydrogen-bond donors (Lipinski definition) is 2. The molecule has 0 unspecified atom stereocenters. The summed E-state index contributed by atoms with van der Waals surface area (Å²) in [6.45, 7) is 1.73. The van der Waals surface area contributed by atoms with Crippen LogP contribution < -0.4 is 5.32 Å². The first kappa shape index (κ1) is 11.7. The van der Waals surface area contributed by atoms with Gasteiger partial charge in [0.25, 0.3) is 5.91 Å². The fraction of sp³-hybridized carbons (Fsp3) is 0.0833. The van der Waals surface area contributed by atoms with Gasteiger partial charge in [-0.1, -0.05) is 6.07 Å². The van der Waals surface area contributed by atoms with Crippen LogP contribution in [0.2, 0.25) is 0 Å². The zero-order valence-electron chi connectivity index (χ0n) is 9.03. The topological polar surface area (TPSA) is 62.5 Å². The number of rotatable bonds is 2. The third-order valence-electron chi connectivity index (χ3n) is 2.42. The van der Waals surface area contributed by atoms with Crippen molar-refractivity contribution >= 4 is 27.5 Å². The van der Waals surface area contributed by atoms with Gasteiger partial charge in [0.15, 0.2) is 4.67 Å². The standard InChI is InChI=1S/C12H10BrNO3/c1-7-9(3-2-4-10(7)15)14-12(16)8-5-6-17-11(8)13/h2-6,15H,1H3,(H,14,16). The number of nitrogens with one attached hydrogen (secondary N) is 1. The number of hydrogen-bond acceptors (Lipinski definition) is 3. The van der Waals surface area contributed by atoms with Gasteiger partial charge >= 0.3 is 0 Å². The van der Waals surface area contributed by atoms with E-state index >= 15 is 0 Å². The van der Waals surface area contributed by atoms with E-state index in [0.717, 1.165) is 0 Å². The smallest absolute Gasteiger partial charge is 0.260 e. The van der Waals surface area contributed by atoms with Crippen LogP contribution >= 0.6 is 15.9 Å². The second-order valence-electron chi connectivity index (χ2n) is 3.51. The second kappa shape index (κ2) is 4.63. The van der Waals surface area contributed by atoms with Gasteiger partial charge in [-0.2, -0.15) is 0 Å². The molecule has 0 aliphatic carbocycles. The molecule has 2 rings (SSSR count). The molecule has 1 amide bonds. The van der Waals surface area contributed by atoms with Gasteiger partial charge < -0.3 is 14.8 Å². The molecule has 88 valence electrons. The van der Waals surface area contributed by atoms with Gasteiger partial charge in [0, 0.05) is 11.3 Å². The number of benzene rings is 1. The van der Waals surface area contributed by atoms with Crippen molar-refractivity contribution in [3.63, 3.8) is 0 Å². The molecule has 2 N–H and O–H groups in total. The lowest BCUT2D eigenvalue weighted by Gasteiger charge is -2.08. The molecular formula is C12H10BrNO3. The SMILES string of the molecule is Cc1c(O)cccc1NC(=O)c1ccoc1Br. The Balaban J connectivity index is 2.25. The number of phenolic OH excluding ortho intramolecular Hbond substituents is 1. The highest BCUT2D eigenvalue weighted by Gasteiger charge is 2.14. The summed E-state index contributed by atoms with van der Waals surface area (Å²) in [5.74, 6) is -0.145. The third-order valence-corrected chi connectivity index (χ3v) is 3.03. The van der Waals surface area contributed by atoms with Crippen LogP contribution in [0.25, 0.3) is 0 Å². The van der Waals surface area contributed by atoms with Gasteiger partial charge in [0.05, 0.1) is 11.8 Å². The molecule has 0 bridgehead atoms. The van der Waals surface area contributed by atoms with Crippen LogP contribution in [0.5, 0.6) is 5.75 Å². The summed E-state index contributed by atoms with van der Waals surface area (Å²) < 4.78 is 5.37. The Kier molecular flexibility index (Phi) is 3.19. The Hall–Kier alpha value is -1.75. The number of furan rings is 1. The molecule has 0 saturated heterocycles. The average molecular weight is 296 g/mol. The molecule has 4 nitrogen and oxygen atoms in total. The van der Waals surface area contributed by atoms with Crippen molar-refractivity contribution in [1.82, 2.24) is 0 Å². The first-order chi connectivity index (χ1) is 8.09. The lowest BCUT2D eigenvalue weighted by molar-refractivity contribution is 0.102. The lowest BCUT2D eigenvalue weighted by atomic mass is 10.1. The summed E-state index contributed by atoms with van der Waals surface area (Å²) >= 11 is 3.14. The highest BCUT2D eigenvalue weighted by Crippen LogP contribution is 2.25. The van der Waals surface area contributed by atoms with E-state index in [2.05, 4.69) is 21.2 Å². The number of phenols is 1. The molecule has 0 spiro atoms. The molecule has 0 aliphatic heterocycles. The molecule has 5 heteroatoms. The van der Waals surface area contributed by atoms with Gasteiger partial charge in [0.1, 0.15) is 5.75 Å². The molecular weight excluding hydrogens is 286 g/mol. The number of carbonyl (C=O) groups excluding carboxylic acids is 1. The van der Waals surface area contributed by atoms with E-state index < -0.39 is 0 Å². The first-order valence-electron chi connectivity index (χ1n) is 4.92. The van der Waals surface area contributed by atoms with Gasteiger partial charge in [-0.15, -0.1) is 0 Å². The van der Waals surface area contributed by atoms with Crippen molar-refractivity contribution in [2.45, 2.75) is 6.92 Å². The molecule has 2 aromatic rings. The summed E-state index contributed by atoms with van der Waals surface area (Å²) in [7, 11) is 0. The summed E-state index contributed by atoms with van der Waals surface area (Å²) in [5, 5.41) is 12.2. The lowest BCUT2D eigenvalue weighted by Crippen LogP contribution is -2.12. The van der Waals surface area contributed by atoms with Crippen LogP contribution in [0.15, 0.2) is 39.6 Å². The van der Waals surface area contributed by atoms with Crippen LogP contribution in [0.1, 0.15) is 15.9 Å². The van der Waals surface area contributed by atoms with Gasteiger partial charge in [-0.05, 0) is 41.1 Å². The molecule has 1 aromatic heterocycles. The normalized spacial score (nSPS) is 10.2. The largest absolute Gasteiger partial charge is 0.508 e. The Labute approximate surface area is 106 Å². The molecule has 0 saturated carbocycles. The number of aromatic hydroxyl groups is 1. The summed E-state index contributed by atoms with van der Waals surface area (Å²) in [4.78, 5) is 11.9. The quantitative estimate of drug-likeness (QED) is 0.893. The summed E-state index contributed by atoms with van der Waals surface area (Å²) in [5.41, 5.74) is 1.61. The fourth-order valence-corrected chi connectivity index (χ4v) is 1.82. The van der Waals surface area contributed by atoms with Crippen LogP contribution in [0.4, 0.5) is 5.69 Å². The maximum Gasteiger partial charge on any atom is 0.260 e. The van der Waals surface area contributed by atoms with E-state index in [9.17, 15) is 9.90 Å². The Morgan fingerprint density at radius 2 is 2.18 bits per heavy atom. The van der Waals surface area contributed by atoms with E-state index in [1.165, 1.54) is 6.26 Å².